The zero-order valence-electron chi connectivity index (χ0n) is 17.8. The zero-order chi connectivity index (χ0) is 23.0. The fraction of sp³-hybridized carbons (Fsp3) is 0.391. The lowest BCUT2D eigenvalue weighted by molar-refractivity contribution is -0.143. The van der Waals surface area contributed by atoms with Gasteiger partial charge in [-0.2, -0.15) is 0 Å². The lowest BCUT2D eigenvalue weighted by Gasteiger charge is -2.31. The van der Waals surface area contributed by atoms with Crippen LogP contribution in [0.15, 0.2) is 46.9 Å². The summed E-state index contributed by atoms with van der Waals surface area (Å²) in [5.74, 6) is 0.229. The first-order valence-electron chi connectivity index (χ1n) is 10.1. The van der Waals surface area contributed by atoms with Crippen LogP contribution in [-0.2, 0) is 16.1 Å². The molecule has 2 aromatic carbocycles. The largest absolute Gasteiger partial charge is 0.482 e. The van der Waals surface area contributed by atoms with E-state index in [0.29, 0.717) is 34.7 Å². The molecule has 0 bridgehead atoms. The highest BCUT2D eigenvalue weighted by atomic mass is 79.9. The van der Waals surface area contributed by atoms with E-state index < -0.39 is 6.04 Å². The van der Waals surface area contributed by atoms with E-state index in [4.69, 9.17) is 27.9 Å². The summed E-state index contributed by atoms with van der Waals surface area (Å²) in [4.78, 5) is 27.5. The molecule has 0 aliphatic heterocycles. The zero-order valence-corrected chi connectivity index (χ0v) is 20.9. The number of halogens is 3. The van der Waals surface area contributed by atoms with Crippen molar-refractivity contribution in [2.75, 3.05) is 13.2 Å². The van der Waals surface area contributed by atoms with Crippen LogP contribution in [0, 0.1) is 5.92 Å². The number of carbonyl (C=O) groups is 2. The third-order valence-electron chi connectivity index (χ3n) is 4.58. The van der Waals surface area contributed by atoms with Crippen LogP contribution in [0.3, 0.4) is 0 Å². The van der Waals surface area contributed by atoms with Crippen LogP contribution in [-0.4, -0.2) is 35.9 Å². The van der Waals surface area contributed by atoms with Crippen molar-refractivity contribution in [2.24, 2.45) is 5.92 Å². The third kappa shape index (κ3) is 8.02. The molecule has 0 saturated carbocycles. The van der Waals surface area contributed by atoms with E-state index in [0.717, 1.165) is 10.0 Å². The Morgan fingerprint density at radius 1 is 1.13 bits per heavy atom. The summed E-state index contributed by atoms with van der Waals surface area (Å²) in [6.07, 6.45) is 0.475. The highest BCUT2D eigenvalue weighted by molar-refractivity contribution is 9.10. The second-order valence-corrected chi connectivity index (χ2v) is 9.33. The molecule has 8 heteroatoms. The first-order valence-corrected chi connectivity index (χ1v) is 11.7. The molecule has 2 amide bonds. The summed E-state index contributed by atoms with van der Waals surface area (Å²) in [7, 11) is 0. The molecule has 0 saturated heterocycles. The Morgan fingerprint density at radius 2 is 1.81 bits per heavy atom. The summed E-state index contributed by atoms with van der Waals surface area (Å²) in [5.41, 5.74) is 0.870. The van der Waals surface area contributed by atoms with Gasteiger partial charge in [-0.25, -0.2) is 0 Å². The molecular formula is C23H27BrCl2N2O3. The molecule has 31 heavy (non-hydrogen) atoms. The van der Waals surface area contributed by atoms with E-state index >= 15 is 0 Å². The Kier molecular flexibility index (Phi) is 10.1. The number of nitrogens with one attached hydrogen (secondary N) is 1. The van der Waals surface area contributed by atoms with E-state index in [9.17, 15) is 9.59 Å². The molecule has 0 aliphatic carbocycles. The van der Waals surface area contributed by atoms with E-state index in [1.54, 1.807) is 35.2 Å². The maximum absolute atomic E-state index is 13.2. The lowest BCUT2D eigenvalue weighted by atomic mass is 10.1. The lowest BCUT2D eigenvalue weighted by Crippen LogP contribution is -2.50. The number of rotatable bonds is 10. The monoisotopic (exact) mass is 528 g/mol. The summed E-state index contributed by atoms with van der Waals surface area (Å²) < 4.78 is 6.48. The predicted molar refractivity (Wildman–Crippen MR) is 129 cm³/mol. The number of hydrogen-bond donors (Lipinski definition) is 1. The van der Waals surface area contributed by atoms with Crippen molar-refractivity contribution in [2.45, 2.75) is 39.8 Å². The second-order valence-electron chi connectivity index (χ2n) is 7.57. The van der Waals surface area contributed by atoms with Gasteiger partial charge in [0.1, 0.15) is 11.8 Å². The van der Waals surface area contributed by atoms with Gasteiger partial charge in [-0.1, -0.05) is 72.0 Å². The van der Waals surface area contributed by atoms with Crippen molar-refractivity contribution >= 4 is 50.9 Å². The van der Waals surface area contributed by atoms with Crippen LogP contribution in [0.4, 0.5) is 0 Å². The molecule has 5 nitrogen and oxygen atoms in total. The maximum Gasteiger partial charge on any atom is 0.261 e. The van der Waals surface area contributed by atoms with E-state index in [2.05, 4.69) is 21.2 Å². The summed E-state index contributed by atoms with van der Waals surface area (Å²) in [6.45, 7) is 6.50. The van der Waals surface area contributed by atoms with Gasteiger partial charge in [0.15, 0.2) is 6.61 Å². The van der Waals surface area contributed by atoms with Crippen LogP contribution in [0.5, 0.6) is 5.75 Å². The Hall–Kier alpha value is -1.76. The smallest absolute Gasteiger partial charge is 0.261 e. The first-order chi connectivity index (χ1) is 14.7. The van der Waals surface area contributed by atoms with Gasteiger partial charge in [-0.3, -0.25) is 9.59 Å². The highest BCUT2D eigenvalue weighted by Crippen LogP contribution is 2.28. The Bertz CT molecular complexity index is 891. The molecule has 0 aromatic heterocycles. The van der Waals surface area contributed by atoms with Crippen molar-refractivity contribution < 1.29 is 14.3 Å². The van der Waals surface area contributed by atoms with E-state index in [1.165, 1.54) is 0 Å². The second kappa shape index (κ2) is 12.3. The molecule has 168 valence electrons. The van der Waals surface area contributed by atoms with Gasteiger partial charge in [0.05, 0.1) is 5.02 Å². The molecule has 0 fully saturated rings. The van der Waals surface area contributed by atoms with Crippen LogP contribution in [0.2, 0.25) is 10.0 Å². The van der Waals surface area contributed by atoms with Gasteiger partial charge in [0.2, 0.25) is 5.91 Å². The fourth-order valence-corrected chi connectivity index (χ4v) is 3.80. The minimum Gasteiger partial charge on any atom is -0.482 e. The molecule has 2 aromatic rings. The molecular weight excluding hydrogens is 503 g/mol. The van der Waals surface area contributed by atoms with Gasteiger partial charge < -0.3 is 15.0 Å². The fourth-order valence-electron chi connectivity index (χ4n) is 2.94. The molecule has 2 rings (SSSR count). The number of carbonyl (C=O) groups excluding carboxylic acids is 2. The average Bonchev–Trinajstić information content (AvgIpc) is 2.72. The van der Waals surface area contributed by atoms with Gasteiger partial charge in [0, 0.05) is 22.6 Å². The molecule has 0 radical (unpaired) electrons. The van der Waals surface area contributed by atoms with Crippen molar-refractivity contribution in [3.05, 3.63) is 62.5 Å². The van der Waals surface area contributed by atoms with Crippen molar-refractivity contribution in [1.29, 1.82) is 0 Å². The van der Waals surface area contributed by atoms with Crippen molar-refractivity contribution in [3.63, 3.8) is 0 Å². The minimum absolute atomic E-state index is 0.180. The topological polar surface area (TPSA) is 58.6 Å². The Morgan fingerprint density at radius 3 is 2.39 bits per heavy atom. The molecule has 1 atom stereocenters. The minimum atomic E-state index is -0.620. The number of amides is 2. The Labute approximate surface area is 202 Å². The van der Waals surface area contributed by atoms with Crippen LogP contribution in [0.1, 0.15) is 32.8 Å². The average molecular weight is 530 g/mol. The summed E-state index contributed by atoms with van der Waals surface area (Å²) in [5, 5.41) is 3.94. The number of hydrogen-bond acceptors (Lipinski definition) is 3. The van der Waals surface area contributed by atoms with Crippen molar-refractivity contribution in [1.82, 2.24) is 10.2 Å². The maximum atomic E-state index is 13.2. The van der Waals surface area contributed by atoms with Gasteiger partial charge in [-0.05, 0) is 48.2 Å². The first kappa shape index (κ1) is 25.5. The standard InChI is InChI=1S/C23H27BrCl2N2O3/c1-4-20(23(30)27-12-15(2)3)28(13-16-5-8-18(25)9-6-16)22(29)14-31-21-10-7-17(24)11-19(21)26/h5-11,15,20H,4,12-14H2,1-3H3,(H,27,30)/t20-/m0/s1. The van der Waals surface area contributed by atoms with Crippen LogP contribution in [0.25, 0.3) is 0 Å². The SMILES string of the molecule is CC[C@@H](C(=O)NCC(C)C)N(Cc1ccc(Cl)cc1)C(=O)COc1ccc(Br)cc1Cl. The van der Waals surface area contributed by atoms with Crippen LogP contribution >= 0.6 is 39.1 Å². The molecule has 0 aliphatic rings. The number of ether oxygens (including phenoxy) is 1. The van der Waals surface area contributed by atoms with E-state index in [-0.39, 0.29) is 25.0 Å². The normalized spacial score (nSPS) is 11.8. The highest BCUT2D eigenvalue weighted by Gasteiger charge is 2.29. The van der Waals surface area contributed by atoms with Crippen LogP contribution < -0.4 is 10.1 Å². The molecule has 1 N–H and O–H groups in total. The Balaban J connectivity index is 2.20. The van der Waals surface area contributed by atoms with Gasteiger partial charge in [0.25, 0.3) is 5.91 Å². The van der Waals surface area contributed by atoms with Gasteiger partial charge >= 0.3 is 0 Å². The van der Waals surface area contributed by atoms with E-state index in [1.807, 2.05) is 32.9 Å². The quantitative estimate of drug-likeness (QED) is 0.428. The summed E-state index contributed by atoms with van der Waals surface area (Å²) >= 11 is 15.5. The molecule has 0 heterocycles. The molecule has 0 unspecified atom stereocenters. The van der Waals surface area contributed by atoms with Gasteiger partial charge in [-0.15, -0.1) is 0 Å². The predicted octanol–water partition coefficient (Wildman–Crippen LogP) is 5.71. The number of nitrogens with zero attached hydrogens (tertiary/aromatic N) is 1. The number of benzene rings is 2. The summed E-state index contributed by atoms with van der Waals surface area (Å²) in [6, 6.07) is 11.8. The third-order valence-corrected chi connectivity index (χ3v) is 5.62. The molecule has 0 spiro atoms. The van der Waals surface area contributed by atoms with Crippen molar-refractivity contribution in [3.8, 4) is 5.75 Å².